The molecule has 1 aromatic carbocycles. The lowest BCUT2D eigenvalue weighted by Gasteiger charge is -2.32. The molecule has 34 heavy (non-hydrogen) atoms. The molecule has 0 N–H and O–H groups in total. The highest BCUT2D eigenvalue weighted by atomic mass is 19.1. The Hall–Kier alpha value is -3.17. The van der Waals surface area contributed by atoms with Crippen molar-refractivity contribution in [2.24, 2.45) is 17.0 Å². The predicted octanol–water partition coefficient (Wildman–Crippen LogP) is 3.36. The van der Waals surface area contributed by atoms with Crippen LogP contribution in [-0.2, 0) is 22.6 Å². The van der Waals surface area contributed by atoms with Crippen molar-refractivity contribution in [3.8, 4) is 0 Å². The van der Waals surface area contributed by atoms with Crippen molar-refractivity contribution in [1.29, 1.82) is 0 Å². The first kappa shape index (κ1) is 24.0. The highest BCUT2D eigenvalue weighted by Crippen LogP contribution is 2.29. The molecule has 2 atom stereocenters. The van der Waals surface area contributed by atoms with Gasteiger partial charge in [-0.3, -0.25) is 9.59 Å². The van der Waals surface area contributed by atoms with E-state index in [9.17, 15) is 14.0 Å². The summed E-state index contributed by atoms with van der Waals surface area (Å²) in [6.45, 7) is 7.26. The maximum absolute atomic E-state index is 13.7. The molecule has 0 amide bonds. The summed E-state index contributed by atoms with van der Waals surface area (Å²) >= 11 is 0. The van der Waals surface area contributed by atoms with E-state index in [0.29, 0.717) is 50.2 Å². The molecular formula is C24H31FN6O3. The number of halogens is 1. The average molecular weight is 471 g/mol. The molecule has 2 aliphatic rings. The Kier molecular flexibility index (Phi) is 7.33. The van der Waals surface area contributed by atoms with Gasteiger partial charge in [-0.05, 0) is 48.6 Å². The Labute approximate surface area is 198 Å². The van der Waals surface area contributed by atoms with Gasteiger partial charge >= 0.3 is 0 Å². The average Bonchev–Trinajstić information content (AvgIpc) is 3.53. The molecule has 2 aliphatic heterocycles. The Morgan fingerprint density at radius 3 is 2.71 bits per heavy atom. The van der Waals surface area contributed by atoms with Gasteiger partial charge in [-0.2, -0.15) is 4.80 Å². The maximum atomic E-state index is 13.7. The van der Waals surface area contributed by atoms with Crippen LogP contribution in [0.1, 0.15) is 74.3 Å². The van der Waals surface area contributed by atoms with Crippen LogP contribution < -0.4 is 0 Å². The molecule has 0 spiro atoms. The molecule has 9 nitrogen and oxygen atoms in total. The minimum absolute atomic E-state index is 0.0197. The van der Waals surface area contributed by atoms with Crippen LogP contribution in [0.2, 0.25) is 0 Å². The van der Waals surface area contributed by atoms with E-state index in [1.807, 2.05) is 20.8 Å². The van der Waals surface area contributed by atoms with E-state index in [4.69, 9.17) is 4.84 Å². The van der Waals surface area contributed by atoms with Crippen LogP contribution in [0.5, 0.6) is 0 Å². The molecule has 1 aromatic heterocycles. The number of oxime groups is 1. The number of rotatable bonds is 8. The molecule has 2 unspecified atom stereocenters. The SMILES string of the molecule is CCc1ccc(F)cc1C(=O)C1CCN(C2=NOC(c3nnn(CC(=O)C(C)CC)n3)C2)CC1. The van der Waals surface area contributed by atoms with E-state index in [2.05, 4.69) is 25.5 Å². The number of amidine groups is 1. The van der Waals surface area contributed by atoms with E-state index < -0.39 is 6.10 Å². The molecule has 0 radical (unpaired) electrons. The Balaban J connectivity index is 1.31. The van der Waals surface area contributed by atoms with Gasteiger partial charge in [-0.15, -0.1) is 10.2 Å². The monoisotopic (exact) mass is 470 g/mol. The van der Waals surface area contributed by atoms with Crippen LogP contribution >= 0.6 is 0 Å². The van der Waals surface area contributed by atoms with Gasteiger partial charge < -0.3 is 9.74 Å². The van der Waals surface area contributed by atoms with Crippen LogP contribution in [-0.4, -0.2) is 55.6 Å². The molecule has 2 aromatic rings. The number of piperidine rings is 1. The zero-order chi connectivity index (χ0) is 24.2. The van der Waals surface area contributed by atoms with Crippen molar-refractivity contribution in [3.05, 3.63) is 41.0 Å². The number of Topliss-reactive ketones (excluding diaryl/α,β-unsaturated/α-hetero) is 2. The molecule has 4 rings (SSSR count). The largest absolute Gasteiger partial charge is 0.382 e. The maximum Gasteiger partial charge on any atom is 0.218 e. The second-order valence-electron chi connectivity index (χ2n) is 9.04. The summed E-state index contributed by atoms with van der Waals surface area (Å²) in [5.74, 6) is 0.727. The molecular weight excluding hydrogens is 439 g/mol. The van der Waals surface area contributed by atoms with Crippen LogP contribution in [0.15, 0.2) is 23.4 Å². The highest BCUT2D eigenvalue weighted by Gasteiger charge is 2.34. The fourth-order valence-electron chi connectivity index (χ4n) is 4.37. The molecule has 1 saturated heterocycles. The van der Waals surface area contributed by atoms with Gasteiger partial charge in [0.25, 0.3) is 0 Å². The first-order valence-corrected chi connectivity index (χ1v) is 12.0. The summed E-state index contributed by atoms with van der Waals surface area (Å²) in [6.07, 6.45) is 2.88. The quantitative estimate of drug-likeness (QED) is 0.545. The van der Waals surface area contributed by atoms with Crippen molar-refractivity contribution >= 4 is 17.4 Å². The highest BCUT2D eigenvalue weighted by molar-refractivity contribution is 5.99. The molecule has 3 heterocycles. The number of tetrazole rings is 1. The summed E-state index contributed by atoms with van der Waals surface area (Å²) in [7, 11) is 0. The predicted molar refractivity (Wildman–Crippen MR) is 123 cm³/mol. The van der Waals surface area contributed by atoms with E-state index in [-0.39, 0.29) is 35.8 Å². The van der Waals surface area contributed by atoms with Gasteiger partial charge in [0.15, 0.2) is 17.7 Å². The zero-order valence-corrected chi connectivity index (χ0v) is 19.9. The van der Waals surface area contributed by atoms with Crippen LogP contribution in [0.4, 0.5) is 4.39 Å². The van der Waals surface area contributed by atoms with Gasteiger partial charge in [-0.25, -0.2) is 4.39 Å². The van der Waals surface area contributed by atoms with E-state index >= 15 is 0 Å². The van der Waals surface area contributed by atoms with Crippen molar-refractivity contribution in [3.63, 3.8) is 0 Å². The third-order valence-corrected chi connectivity index (χ3v) is 6.82. The van der Waals surface area contributed by atoms with Gasteiger partial charge in [0.1, 0.15) is 18.2 Å². The minimum Gasteiger partial charge on any atom is -0.382 e. The number of hydrogen-bond acceptors (Lipinski definition) is 8. The summed E-state index contributed by atoms with van der Waals surface area (Å²) < 4.78 is 13.7. The van der Waals surface area contributed by atoms with Crippen molar-refractivity contribution < 1.29 is 18.8 Å². The fraction of sp³-hybridized carbons (Fsp3) is 0.583. The van der Waals surface area contributed by atoms with Crippen molar-refractivity contribution in [2.45, 2.75) is 65.5 Å². The van der Waals surface area contributed by atoms with Crippen molar-refractivity contribution in [2.75, 3.05) is 13.1 Å². The number of carbonyl (C=O) groups excluding carboxylic acids is 2. The first-order chi connectivity index (χ1) is 16.4. The zero-order valence-electron chi connectivity index (χ0n) is 19.9. The third kappa shape index (κ3) is 5.15. The third-order valence-electron chi connectivity index (χ3n) is 6.82. The minimum atomic E-state index is -0.443. The molecule has 0 aliphatic carbocycles. The fourth-order valence-corrected chi connectivity index (χ4v) is 4.37. The van der Waals surface area contributed by atoms with Crippen LogP contribution in [0.25, 0.3) is 0 Å². The summed E-state index contributed by atoms with van der Waals surface area (Å²) in [6, 6.07) is 4.47. The topological polar surface area (TPSA) is 103 Å². The lowest BCUT2D eigenvalue weighted by atomic mass is 9.86. The molecule has 0 bridgehead atoms. The molecule has 182 valence electrons. The van der Waals surface area contributed by atoms with Gasteiger partial charge in [-0.1, -0.05) is 32.0 Å². The second kappa shape index (κ2) is 10.4. The summed E-state index contributed by atoms with van der Waals surface area (Å²) in [5, 5.41) is 16.5. The van der Waals surface area contributed by atoms with E-state index in [1.54, 1.807) is 6.07 Å². The second-order valence-corrected chi connectivity index (χ2v) is 9.04. The van der Waals surface area contributed by atoms with E-state index in [0.717, 1.165) is 17.8 Å². The summed E-state index contributed by atoms with van der Waals surface area (Å²) in [5.41, 5.74) is 1.39. The first-order valence-electron chi connectivity index (χ1n) is 12.0. The lowest BCUT2D eigenvalue weighted by molar-refractivity contribution is -0.123. The normalized spacial score (nSPS) is 19.6. The lowest BCUT2D eigenvalue weighted by Crippen LogP contribution is -2.40. The number of aryl methyl sites for hydroxylation is 1. The summed E-state index contributed by atoms with van der Waals surface area (Å²) in [4.78, 5) is 34.1. The number of hydrogen-bond donors (Lipinski definition) is 0. The van der Waals surface area contributed by atoms with Crippen LogP contribution in [0.3, 0.4) is 0 Å². The van der Waals surface area contributed by atoms with Crippen LogP contribution in [0, 0.1) is 17.7 Å². The van der Waals surface area contributed by atoms with Crippen molar-refractivity contribution in [1.82, 2.24) is 25.1 Å². The molecule has 0 saturated carbocycles. The number of aromatic nitrogens is 4. The number of carbonyl (C=O) groups is 2. The Bertz CT molecular complexity index is 1080. The van der Waals surface area contributed by atoms with Gasteiger partial charge in [0.05, 0.1) is 6.42 Å². The molecule has 1 fully saturated rings. The number of benzene rings is 1. The van der Waals surface area contributed by atoms with Gasteiger partial charge in [0, 0.05) is 30.5 Å². The Morgan fingerprint density at radius 1 is 1.24 bits per heavy atom. The van der Waals surface area contributed by atoms with E-state index in [1.165, 1.54) is 16.9 Å². The molecule has 10 heteroatoms. The number of ketones is 2. The smallest absolute Gasteiger partial charge is 0.218 e. The number of nitrogens with zero attached hydrogens (tertiary/aromatic N) is 6. The Morgan fingerprint density at radius 2 is 2.00 bits per heavy atom. The standard InChI is InChI=1S/C24H31FN6O3/c1-4-15(3)20(32)14-31-27-24(26-29-31)21-13-22(28-34-21)30-10-8-17(9-11-30)23(33)19-12-18(25)7-6-16(19)5-2/h6-7,12,15,17,21H,4-5,8-11,13-14H2,1-3H3. The van der Waals surface area contributed by atoms with Gasteiger partial charge in [0.2, 0.25) is 5.82 Å². The number of likely N-dealkylation sites (tertiary alicyclic amines) is 1.